The highest BCUT2D eigenvalue weighted by molar-refractivity contribution is 5.46. The van der Waals surface area contributed by atoms with E-state index in [-0.39, 0.29) is 0 Å². The van der Waals surface area contributed by atoms with Crippen molar-refractivity contribution in [1.29, 1.82) is 0 Å². The van der Waals surface area contributed by atoms with Crippen molar-refractivity contribution in [2.75, 3.05) is 33.9 Å². The third-order valence-electron chi connectivity index (χ3n) is 6.01. The lowest BCUT2D eigenvalue weighted by atomic mass is 9.94. The number of ether oxygens (including phenoxy) is 2. The fraction of sp³-hybridized carbons (Fsp3) is 0.478. The van der Waals surface area contributed by atoms with Crippen LogP contribution in [0, 0.1) is 5.92 Å². The minimum atomic E-state index is 0.639. The molecule has 0 radical (unpaired) electrons. The summed E-state index contributed by atoms with van der Waals surface area (Å²) in [4.78, 5) is 5.32. The monoisotopic (exact) mass is 366 g/mol. The van der Waals surface area contributed by atoms with Crippen LogP contribution >= 0.6 is 0 Å². The average Bonchev–Trinajstić information content (AvgIpc) is 2.99. The molecule has 3 heterocycles. The first-order valence-corrected chi connectivity index (χ1v) is 9.97. The lowest BCUT2D eigenvalue weighted by Gasteiger charge is -2.36. The van der Waals surface area contributed by atoms with Gasteiger partial charge in [-0.15, -0.1) is 0 Å². The molecular formula is C23H30N2O2. The van der Waals surface area contributed by atoms with Crippen LogP contribution in [0.2, 0.25) is 0 Å². The average molecular weight is 367 g/mol. The van der Waals surface area contributed by atoms with E-state index in [0.29, 0.717) is 6.04 Å². The van der Waals surface area contributed by atoms with Gasteiger partial charge in [0.1, 0.15) is 0 Å². The quantitative estimate of drug-likeness (QED) is 0.776. The Kier molecular flexibility index (Phi) is 5.65. The Morgan fingerprint density at radius 1 is 0.852 bits per heavy atom. The number of hydrogen-bond donors (Lipinski definition) is 0. The van der Waals surface area contributed by atoms with Crippen LogP contribution in [0.15, 0.2) is 48.5 Å². The molecule has 27 heavy (non-hydrogen) atoms. The lowest BCUT2D eigenvalue weighted by molar-refractivity contribution is 0.123. The van der Waals surface area contributed by atoms with E-state index in [1.165, 1.54) is 37.1 Å². The van der Waals surface area contributed by atoms with Crippen molar-refractivity contribution in [2.45, 2.75) is 32.0 Å². The largest absolute Gasteiger partial charge is 0.493 e. The van der Waals surface area contributed by atoms with Crippen LogP contribution in [0.1, 0.15) is 24.0 Å². The molecule has 0 saturated carbocycles. The number of benzene rings is 2. The van der Waals surface area contributed by atoms with Crippen molar-refractivity contribution in [1.82, 2.24) is 9.80 Å². The van der Waals surface area contributed by atoms with Crippen LogP contribution in [0.4, 0.5) is 0 Å². The normalized spacial score (nSPS) is 23.2. The molecule has 2 bridgehead atoms. The summed E-state index contributed by atoms with van der Waals surface area (Å²) in [5.74, 6) is 2.44. The summed E-state index contributed by atoms with van der Waals surface area (Å²) in [6.07, 6.45) is 2.66. The molecular weight excluding hydrogens is 336 g/mol. The van der Waals surface area contributed by atoms with E-state index >= 15 is 0 Å². The van der Waals surface area contributed by atoms with Crippen LogP contribution in [0.5, 0.6) is 11.5 Å². The van der Waals surface area contributed by atoms with Gasteiger partial charge in [-0.2, -0.15) is 0 Å². The number of methoxy groups -OCH3 is 2. The van der Waals surface area contributed by atoms with Gasteiger partial charge in [-0.05, 0) is 30.4 Å². The zero-order chi connectivity index (χ0) is 18.6. The maximum Gasteiger partial charge on any atom is 0.165 e. The Labute approximate surface area is 162 Å². The van der Waals surface area contributed by atoms with Gasteiger partial charge in [0.05, 0.1) is 14.2 Å². The molecule has 5 rings (SSSR count). The van der Waals surface area contributed by atoms with Crippen molar-refractivity contribution in [2.24, 2.45) is 5.92 Å². The first kappa shape index (κ1) is 18.3. The van der Waals surface area contributed by atoms with Gasteiger partial charge in [-0.3, -0.25) is 9.80 Å². The van der Waals surface area contributed by atoms with E-state index in [9.17, 15) is 0 Å². The molecule has 3 fully saturated rings. The van der Waals surface area contributed by atoms with Crippen LogP contribution in [0.3, 0.4) is 0 Å². The summed E-state index contributed by atoms with van der Waals surface area (Å²) in [5, 5.41) is 0. The molecule has 0 N–H and O–H groups in total. The molecule has 0 aliphatic carbocycles. The predicted octanol–water partition coefficient (Wildman–Crippen LogP) is 3.80. The summed E-state index contributed by atoms with van der Waals surface area (Å²) in [6, 6.07) is 17.7. The molecule has 4 heteroatoms. The van der Waals surface area contributed by atoms with Crippen molar-refractivity contribution in [3.8, 4) is 11.5 Å². The van der Waals surface area contributed by atoms with Gasteiger partial charge in [-0.25, -0.2) is 0 Å². The maximum atomic E-state index is 5.65. The molecule has 3 aliphatic rings. The second-order valence-corrected chi connectivity index (χ2v) is 7.86. The van der Waals surface area contributed by atoms with E-state index in [2.05, 4.69) is 52.3 Å². The van der Waals surface area contributed by atoms with Crippen LogP contribution in [-0.4, -0.2) is 49.7 Å². The van der Waals surface area contributed by atoms with Gasteiger partial charge in [0.15, 0.2) is 11.5 Å². The predicted molar refractivity (Wildman–Crippen MR) is 108 cm³/mol. The molecule has 3 aliphatic heterocycles. The van der Waals surface area contributed by atoms with E-state index in [1.807, 2.05) is 6.07 Å². The van der Waals surface area contributed by atoms with Crippen LogP contribution < -0.4 is 9.47 Å². The van der Waals surface area contributed by atoms with Gasteiger partial charge in [0.25, 0.3) is 0 Å². The number of fused-ring (bicyclic) bond motifs is 4. The molecule has 4 nitrogen and oxygen atoms in total. The first-order valence-electron chi connectivity index (χ1n) is 9.97. The van der Waals surface area contributed by atoms with Gasteiger partial charge >= 0.3 is 0 Å². The van der Waals surface area contributed by atoms with E-state index < -0.39 is 0 Å². The zero-order valence-corrected chi connectivity index (χ0v) is 16.4. The second-order valence-electron chi connectivity index (χ2n) is 7.86. The Hall–Kier alpha value is -2.04. The first-order chi connectivity index (χ1) is 13.3. The Morgan fingerprint density at radius 3 is 2.48 bits per heavy atom. The minimum Gasteiger partial charge on any atom is -0.493 e. The molecule has 0 spiro atoms. The molecule has 2 aromatic carbocycles. The van der Waals surface area contributed by atoms with Crippen molar-refractivity contribution in [3.63, 3.8) is 0 Å². The van der Waals surface area contributed by atoms with Gasteiger partial charge < -0.3 is 9.47 Å². The Bertz CT molecular complexity index is 749. The van der Waals surface area contributed by atoms with Crippen molar-refractivity contribution >= 4 is 0 Å². The summed E-state index contributed by atoms with van der Waals surface area (Å²) >= 11 is 0. The summed E-state index contributed by atoms with van der Waals surface area (Å²) < 4.78 is 11.1. The minimum absolute atomic E-state index is 0.639. The van der Waals surface area contributed by atoms with Gasteiger partial charge in [0, 0.05) is 44.3 Å². The molecule has 3 saturated heterocycles. The number of piperidine rings is 1. The number of nitrogens with zero attached hydrogens (tertiary/aromatic N) is 2. The summed E-state index contributed by atoms with van der Waals surface area (Å²) in [7, 11) is 3.43. The fourth-order valence-corrected chi connectivity index (χ4v) is 4.74. The molecule has 2 atom stereocenters. The SMILES string of the molecule is COc1cccc(CN2C[C@@H]3CC[C@H](C2)N(Cc2ccccc2)C3)c1OC. The van der Waals surface area contributed by atoms with Crippen LogP contribution in [-0.2, 0) is 13.1 Å². The highest BCUT2D eigenvalue weighted by Crippen LogP contribution is 2.34. The highest BCUT2D eigenvalue weighted by atomic mass is 16.5. The number of para-hydroxylation sites is 1. The van der Waals surface area contributed by atoms with Crippen LogP contribution in [0.25, 0.3) is 0 Å². The van der Waals surface area contributed by atoms with Gasteiger partial charge in [-0.1, -0.05) is 42.5 Å². The van der Waals surface area contributed by atoms with Crippen molar-refractivity contribution in [3.05, 3.63) is 59.7 Å². The fourth-order valence-electron chi connectivity index (χ4n) is 4.74. The Balaban J connectivity index is 1.48. The zero-order valence-electron chi connectivity index (χ0n) is 16.4. The third-order valence-corrected chi connectivity index (χ3v) is 6.01. The summed E-state index contributed by atoms with van der Waals surface area (Å²) in [5.41, 5.74) is 2.64. The number of rotatable bonds is 6. The topological polar surface area (TPSA) is 24.9 Å². The molecule has 144 valence electrons. The van der Waals surface area contributed by atoms with E-state index in [4.69, 9.17) is 9.47 Å². The smallest absolute Gasteiger partial charge is 0.165 e. The van der Waals surface area contributed by atoms with E-state index in [1.54, 1.807) is 14.2 Å². The maximum absolute atomic E-state index is 5.65. The number of hydrogen-bond acceptors (Lipinski definition) is 4. The van der Waals surface area contributed by atoms with Crippen molar-refractivity contribution < 1.29 is 9.47 Å². The molecule has 2 aromatic rings. The second kappa shape index (κ2) is 8.32. The molecule has 0 amide bonds. The standard InChI is InChI=1S/C23H30N2O2/c1-26-22-10-6-9-20(23(22)27-2)16-24-13-19-11-12-21(17-24)25(15-19)14-18-7-4-3-5-8-18/h3-10,19,21H,11-17H2,1-2H3/t19-,21+/m0/s1. The van der Waals surface area contributed by atoms with Gasteiger partial charge in [0.2, 0.25) is 0 Å². The molecule has 0 aromatic heterocycles. The van der Waals surface area contributed by atoms with E-state index in [0.717, 1.165) is 37.1 Å². The Morgan fingerprint density at radius 2 is 1.70 bits per heavy atom. The highest BCUT2D eigenvalue weighted by Gasteiger charge is 2.34. The lowest BCUT2D eigenvalue weighted by Crippen LogP contribution is -2.43. The summed E-state index contributed by atoms with van der Waals surface area (Å²) in [6.45, 7) is 5.50. The molecule has 0 unspecified atom stereocenters. The third kappa shape index (κ3) is 4.12.